The molecule has 0 aliphatic rings. The first-order valence-corrected chi connectivity index (χ1v) is 7.56. The molecule has 1 unspecified atom stereocenters. The van der Waals surface area contributed by atoms with Gasteiger partial charge in [-0.15, -0.1) is 0 Å². The number of rotatable bonds is 6. The van der Waals surface area contributed by atoms with Crippen molar-refractivity contribution in [2.75, 3.05) is 20.1 Å². The maximum absolute atomic E-state index is 5.97. The minimum atomic E-state index is 0.217. The van der Waals surface area contributed by atoms with Crippen LogP contribution in [0.25, 0.3) is 0 Å². The van der Waals surface area contributed by atoms with Gasteiger partial charge in [0.1, 0.15) is 0 Å². The highest BCUT2D eigenvalue weighted by Crippen LogP contribution is 2.26. The number of aromatic nitrogens is 1. The maximum atomic E-state index is 5.97. The van der Waals surface area contributed by atoms with Gasteiger partial charge in [-0.25, -0.2) is 0 Å². The van der Waals surface area contributed by atoms with E-state index in [-0.39, 0.29) is 6.04 Å². The monoisotopic (exact) mass is 333 g/mol. The zero-order valence-corrected chi connectivity index (χ0v) is 13.3. The summed E-state index contributed by atoms with van der Waals surface area (Å²) in [6.45, 7) is 1.53. The van der Waals surface area contributed by atoms with Crippen molar-refractivity contribution in [2.45, 2.75) is 12.5 Å². The first kappa shape index (κ1) is 15.2. The van der Waals surface area contributed by atoms with Crippen LogP contribution in [0.2, 0.25) is 0 Å². The zero-order chi connectivity index (χ0) is 14.4. The molecule has 0 saturated carbocycles. The molecule has 0 radical (unpaired) electrons. The van der Waals surface area contributed by atoms with E-state index in [2.05, 4.69) is 57.1 Å². The molecule has 2 N–H and O–H groups in total. The van der Waals surface area contributed by atoms with Crippen molar-refractivity contribution in [1.82, 2.24) is 9.88 Å². The molecule has 1 aromatic heterocycles. The molecular formula is C16H20BrN3. The summed E-state index contributed by atoms with van der Waals surface area (Å²) in [7, 11) is 2.11. The predicted octanol–water partition coefficient (Wildman–Crippen LogP) is 3.02. The molecule has 20 heavy (non-hydrogen) atoms. The van der Waals surface area contributed by atoms with Crippen LogP contribution in [-0.2, 0) is 6.42 Å². The van der Waals surface area contributed by atoms with E-state index in [0.717, 1.165) is 23.1 Å². The molecule has 0 bridgehead atoms. The number of hydrogen-bond donors (Lipinski definition) is 1. The number of benzene rings is 1. The number of pyridine rings is 1. The van der Waals surface area contributed by atoms with E-state index in [1.54, 1.807) is 0 Å². The zero-order valence-electron chi connectivity index (χ0n) is 11.7. The molecule has 0 saturated heterocycles. The predicted molar refractivity (Wildman–Crippen MR) is 86.5 cm³/mol. The minimum Gasteiger partial charge on any atom is -0.329 e. The number of nitrogens with zero attached hydrogens (tertiary/aromatic N) is 2. The van der Waals surface area contributed by atoms with Crippen LogP contribution >= 0.6 is 15.9 Å². The number of halogens is 1. The highest BCUT2D eigenvalue weighted by molar-refractivity contribution is 9.10. The summed E-state index contributed by atoms with van der Waals surface area (Å²) in [6.07, 6.45) is 2.77. The smallest absolute Gasteiger partial charge is 0.0478 e. The van der Waals surface area contributed by atoms with E-state index in [4.69, 9.17) is 5.73 Å². The minimum absolute atomic E-state index is 0.217. The second-order valence-electron chi connectivity index (χ2n) is 4.82. The Kier molecular flexibility index (Phi) is 5.71. The van der Waals surface area contributed by atoms with Crippen molar-refractivity contribution in [3.63, 3.8) is 0 Å². The second-order valence-corrected chi connectivity index (χ2v) is 5.68. The Balaban J connectivity index is 2.03. The van der Waals surface area contributed by atoms with Gasteiger partial charge in [0.15, 0.2) is 0 Å². The fraction of sp³-hybridized carbons (Fsp3) is 0.312. The lowest BCUT2D eigenvalue weighted by Gasteiger charge is -2.28. The van der Waals surface area contributed by atoms with Crippen LogP contribution in [0, 0.1) is 0 Å². The largest absolute Gasteiger partial charge is 0.329 e. The van der Waals surface area contributed by atoms with E-state index in [1.807, 2.05) is 24.4 Å². The van der Waals surface area contributed by atoms with Gasteiger partial charge in [0, 0.05) is 41.9 Å². The van der Waals surface area contributed by atoms with Crippen molar-refractivity contribution in [1.29, 1.82) is 0 Å². The molecule has 1 atom stereocenters. The van der Waals surface area contributed by atoms with Crippen LogP contribution in [0.5, 0.6) is 0 Å². The maximum Gasteiger partial charge on any atom is 0.0478 e. The topological polar surface area (TPSA) is 42.2 Å². The molecule has 106 valence electrons. The fourth-order valence-corrected chi connectivity index (χ4v) is 2.83. The molecule has 2 rings (SSSR count). The van der Waals surface area contributed by atoms with Crippen molar-refractivity contribution in [3.05, 3.63) is 64.4 Å². The third-order valence-electron chi connectivity index (χ3n) is 3.47. The summed E-state index contributed by atoms with van der Waals surface area (Å²) in [5.74, 6) is 0. The van der Waals surface area contributed by atoms with Crippen molar-refractivity contribution >= 4 is 15.9 Å². The first-order chi connectivity index (χ1) is 9.72. The molecule has 0 spiro atoms. The lowest BCUT2D eigenvalue weighted by atomic mass is 10.1. The molecule has 4 heteroatoms. The molecule has 0 amide bonds. The van der Waals surface area contributed by atoms with Crippen LogP contribution in [0.15, 0.2) is 53.1 Å². The molecular weight excluding hydrogens is 314 g/mol. The molecule has 1 heterocycles. The van der Waals surface area contributed by atoms with Gasteiger partial charge in [-0.3, -0.25) is 9.88 Å². The van der Waals surface area contributed by atoms with Crippen LogP contribution < -0.4 is 5.73 Å². The Morgan fingerprint density at radius 2 is 1.95 bits per heavy atom. The van der Waals surface area contributed by atoms with Gasteiger partial charge >= 0.3 is 0 Å². The summed E-state index contributed by atoms with van der Waals surface area (Å²) in [6, 6.07) is 14.5. The SMILES string of the molecule is CN(CCc1ccccn1)C(CN)c1ccccc1Br. The first-order valence-electron chi connectivity index (χ1n) is 6.77. The second kappa shape index (κ2) is 7.53. The Morgan fingerprint density at radius 1 is 1.20 bits per heavy atom. The molecule has 0 aliphatic heterocycles. The standard InChI is InChI=1S/C16H20BrN3/c1-20(11-9-13-6-4-5-10-19-13)16(12-18)14-7-2-3-8-15(14)17/h2-8,10,16H,9,11-12,18H2,1H3. The van der Waals surface area contributed by atoms with Crippen molar-refractivity contribution in [2.24, 2.45) is 5.73 Å². The van der Waals surface area contributed by atoms with Crippen LogP contribution in [0.1, 0.15) is 17.3 Å². The Morgan fingerprint density at radius 3 is 2.60 bits per heavy atom. The molecule has 1 aromatic carbocycles. The summed E-state index contributed by atoms with van der Waals surface area (Å²) in [4.78, 5) is 6.65. The van der Waals surface area contributed by atoms with Gasteiger partial charge in [0.25, 0.3) is 0 Å². The van der Waals surface area contributed by atoms with Crippen molar-refractivity contribution in [3.8, 4) is 0 Å². The molecule has 0 aliphatic carbocycles. The lowest BCUT2D eigenvalue weighted by molar-refractivity contribution is 0.252. The molecule has 3 nitrogen and oxygen atoms in total. The Hall–Kier alpha value is -1.23. The fourth-order valence-electron chi connectivity index (χ4n) is 2.28. The number of likely N-dealkylation sites (N-methyl/N-ethyl adjacent to an activating group) is 1. The van der Waals surface area contributed by atoms with Crippen LogP contribution in [0.4, 0.5) is 0 Å². The van der Waals surface area contributed by atoms with E-state index in [9.17, 15) is 0 Å². The number of nitrogens with two attached hydrogens (primary N) is 1. The van der Waals surface area contributed by atoms with Gasteiger partial charge in [-0.05, 0) is 30.8 Å². The third-order valence-corrected chi connectivity index (χ3v) is 4.19. The summed E-state index contributed by atoms with van der Waals surface area (Å²) < 4.78 is 1.11. The Bertz CT molecular complexity index is 530. The highest BCUT2D eigenvalue weighted by Gasteiger charge is 2.17. The molecule has 2 aromatic rings. The summed E-state index contributed by atoms with van der Waals surface area (Å²) in [5, 5.41) is 0. The average molecular weight is 334 g/mol. The van der Waals surface area contributed by atoms with E-state index in [1.165, 1.54) is 5.56 Å². The van der Waals surface area contributed by atoms with Gasteiger partial charge in [0.05, 0.1) is 0 Å². The normalized spacial score (nSPS) is 12.6. The van der Waals surface area contributed by atoms with Gasteiger partial charge in [0.2, 0.25) is 0 Å². The lowest BCUT2D eigenvalue weighted by Crippen LogP contribution is -2.32. The van der Waals surface area contributed by atoms with Crippen LogP contribution in [-0.4, -0.2) is 30.0 Å². The summed E-state index contributed by atoms with van der Waals surface area (Å²) in [5.41, 5.74) is 8.31. The van der Waals surface area contributed by atoms with Gasteiger partial charge in [-0.2, -0.15) is 0 Å². The molecule has 0 fully saturated rings. The van der Waals surface area contributed by atoms with Gasteiger partial charge in [-0.1, -0.05) is 40.2 Å². The summed E-state index contributed by atoms with van der Waals surface area (Å²) >= 11 is 3.61. The van der Waals surface area contributed by atoms with E-state index >= 15 is 0 Å². The van der Waals surface area contributed by atoms with Crippen molar-refractivity contribution < 1.29 is 0 Å². The quantitative estimate of drug-likeness (QED) is 0.883. The number of hydrogen-bond acceptors (Lipinski definition) is 3. The highest BCUT2D eigenvalue weighted by atomic mass is 79.9. The Labute approximate surface area is 129 Å². The van der Waals surface area contributed by atoms with Crippen LogP contribution in [0.3, 0.4) is 0 Å². The average Bonchev–Trinajstić information content (AvgIpc) is 2.49. The van der Waals surface area contributed by atoms with E-state index < -0.39 is 0 Å². The van der Waals surface area contributed by atoms with E-state index in [0.29, 0.717) is 6.54 Å². The third kappa shape index (κ3) is 3.88. The van der Waals surface area contributed by atoms with Gasteiger partial charge < -0.3 is 5.73 Å².